The molecule has 0 bridgehead atoms. The minimum atomic E-state index is -4.52. The second-order valence-electron chi connectivity index (χ2n) is 6.07. The van der Waals surface area contributed by atoms with Gasteiger partial charge in [-0.2, -0.15) is 17.9 Å². The van der Waals surface area contributed by atoms with E-state index in [0.29, 0.717) is 38.4 Å². The number of nitrogens with zero attached hydrogens (tertiary/aromatic N) is 3. The summed E-state index contributed by atoms with van der Waals surface area (Å²) in [5.74, 6) is -0.0804. The summed E-state index contributed by atoms with van der Waals surface area (Å²) in [6, 6.07) is 5.93. The molecule has 1 aliphatic rings. The van der Waals surface area contributed by atoms with E-state index in [-0.39, 0.29) is 17.1 Å². The van der Waals surface area contributed by atoms with Crippen molar-refractivity contribution in [3.8, 4) is 11.6 Å². The first kappa shape index (κ1) is 20.3. The zero-order chi connectivity index (χ0) is 20.3. The summed E-state index contributed by atoms with van der Waals surface area (Å²) in [4.78, 5) is 2.05. The smallest absolute Gasteiger partial charge is 0.416 e. The van der Waals surface area contributed by atoms with Gasteiger partial charge in [0.05, 0.1) is 18.8 Å². The Morgan fingerprint density at radius 1 is 1.21 bits per heavy atom. The average Bonchev–Trinajstić information content (AvgIpc) is 2.64. The summed E-state index contributed by atoms with van der Waals surface area (Å²) in [7, 11) is 0. The molecule has 1 aromatic carbocycles. The van der Waals surface area contributed by atoms with Crippen LogP contribution in [-0.2, 0) is 17.5 Å². The minimum Gasteiger partial charge on any atom is -0.437 e. The van der Waals surface area contributed by atoms with Gasteiger partial charge >= 0.3 is 6.18 Å². The van der Waals surface area contributed by atoms with E-state index < -0.39 is 17.0 Å². The second-order valence-corrected chi connectivity index (χ2v) is 6.43. The summed E-state index contributed by atoms with van der Waals surface area (Å²) in [5, 5.41) is 18.4. The highest BCUT2D eigenvalue weighted by molar-refractivity contribution is 6.64. The van der Waals surface area contributed by atoms with Crippen LogP contribution in [0.5, 0.6) is 11.6 Å². The third-order valence-corrected chi connectivity index (χ3v) is 4.26. The van der Waals surface area contributed by atoms with Crippen molar-refractivity contribution in [2.75, 3.05) is 26.3 Å². The van der Waals surface area contributed by atoms with Gasteiger partial charge in [0, 0.05) is 31.3 Å². The molecule has 0 spiro atoms. The molecule has 3 rings (SSSR count). The lowest BCUT2D eigenvalue weighted by molar-refractivity contribution is -0.137. The van der Waals surface area contributed by atoms with Gasteiger partial charge < -0.3 is 9.47 Å². The maximum Gasteiger partial charge on any atom is 0.416 e. The van der Waals surface area contributed by atoms with Gasteiger partial charge in [-0.1, -0.05) is 6.07 Å². The predicted octanol–water partition coefficient (Wildman–Crippen LogP) is 3.03. The van der Waals surface area contributed by atoms with E-state index in [1.807, 2.05) is 4.90 Å². The standard InChI is InChI=1S/C17H17ClF3N5O2/c18-16(23)26-14(22)3-4-15(24-26)28-13-9-12(17(19,20)21)2-1-11(13)10-25-5-7-27-8-6-25/h1-4,9,22-23H,5-8,10H2. The van der Waals surface area contributed by atoms with Crippen molar-refractivity contribution < 1.29 is 22.6 Å². The van der Waals surface area contributed by atoms with E-state index in [1.165, 1.54) is 18.2 Å². The molecule has 0 aliphatic carbocycles. The highest BCUT2D eigenvalue weighted by Crippen LogP contribution is 2.35. The molecule has 11 heteroatoms. The van der Waals surface area contributed by atoms with Gasteiger partial charge in [0.25, 0.3) is 0 Å². The lowest BCUT2D eigenvalue weighted by Crippen LogP contribution is -2.35. The van der Waals surface area contributed by atoms with Crippen LogP contribution >= 0.6 is 11.6 Å². The van der Waals surface area contributed by atoms with E-state index in [9.17, 15) is 13.2 Å². The van der Waals surface area contributed by atoms with E-state index in [4.69, 9.17) is 31.9 Å². The van der Waals surface area contributed by atoms with Crippen LogP contribution in [0, 0.1) is 10.8 Å². The van der Waals surface area contributed by atoms with Crippen LogP contribution in [0.15, 0.2) is 30.3 Å². The van der Waals surface area contributed by atoms with Gasteiger partial charge in [0.15, 0.2) is 0 Å². The van der Waals surface area contributed by atoms with Gasteiger partial charge in [-0.3, -0.25) is 15.7 Å². The SMILES string of the molecule is N=C(Cl)n1nc(Oc2cc(C(F)(F)F)ccc2CN2CCOCC2)ccc1=N. The van der Waals surface area contributed by atoms with Crippen molar-refractivity contribution in [3.05, 3.63) is 46.9 Å². The van der Waals surface area contributed by atoms with Gasteiger partial charge in [-0.15, -0.1) is 5.10 Å². The van der Waals surface area contributed by atoms with Crippen LogP contribution < -0.4 is 10.2 Å². The van der Waals surface area contributed by atoms with E-state index in [0.717, 1.165) is 16.8 Å². The maximum absolute atomic E-state index is 13.1. The van der Waals surface area contributed by atoms with Crippen molar-refractivity contribution in [1.29, 1.82) is 10.8 Å². The number of morpholine rings is 1. The summed E-state index contributed by atoms with van der Waals surface area (Å²) >= 11 is 5.57. The Hall–Kier alpha value is -2.43. The van der Waals surface area contributed by atoms with E-state index in [2.05, 4.69) is 5.10 Å². The molecule has 1 aliphatic heterocycles. The first-order valence-electron chi connectivity index (χ1n) is 8.31. The van der Waals surface area contributed by atoms with Crippen LogP contribution in [-0.4, -0.2) is 46.3 Å². The summed E-state index contributed by atoms with van der Waals surface area (Å²) in [6.45, 7) is 2.83. The molecule has 7 nitrogen and oxygen atoms in total. The lowest BCUT2D eigenvalue weighted by atomic mass is 10.1. The highest BCUT2D eigenvalue weighted by atomic mass is 35.5. The Bertz CT molecular complexity index is 926. The van der Waals surface area contributed by atoms with Crippen molar-refractivity contribution in [2.45, 2.75) is 12.7 Å². The molecule has 0 unspecified atom stereocenters. The molecule has 2 heterocycles. The predicted molar refractivity (Wildman–Crippen MR) is 94.7 cm³/mol. The number of halogens is 4. The number of nitrogens with one attached hydrogen (secondary N) is 2. The van der Waals surface area contributed by atoms with Gasteiger partial charge in [-0.05, 0) is 29.8 Å². The molecule has 2 N–H and O–H groups in total. The molecule has 28 heavy (non-hydrogen) atoms. The number of hydrogen-bond donors (Lipinski definition) is 2. The van der Waals surface area contributed by atoms with Crippen LogP contribution in [0.25, 0.3) is 0 Å². The Morgan fingerprint density at radius 3 is 2.57 bits per heavy atom. The molecule has 0 atom stereocenters. The Morgan fingerprint density at radius 2 is 1.93 bits per heavy atom. The first-order valence-corrected chi connectivity index (χ1v) is 8.69. The quantitative estimate of drug-likeness (QED) is 0.593. The zero-order valence-corrected chi connectivity index (χ0v) is 15.3. The molecule has 1 fully saturated rings. The molecule has 0 amide bonds. The third-order valence-electron chi connectivity index (χ3n) is 4.10. The van der Waals surface area contributed by atoms with Crippen molar-refractivity contribution >= 4 is 16.9 Å². The average molecular weight is 416 g/mol. The Kier molecular flexibility index (Phi) is 6.01. The lowest BCUT2D eigenvalue weighted by Gasteiger charge is -2.27. The maximum atomic E-state index is 13.1. The van der Waals surface area contributed by atoms with Crippen LogP contribution in [0.1, 0.15) is 11.1 Å². The molecule has 1 aromatic heterocycles. The third kappa shape index (κ3) is 4.89. The number of ether oxygens (including phenoxy) is 2. The fourth-order valence-corrected chi connectivity index (χ4v) is 2.81. The molecular formula is C17H17ClF3N5O2. The number of alkyl halides is 3. The normalized spacial score (nSPS) is 15.4. The monoisotopic (exact) mass is 415 g/mol. The van der Waals surface area contributed by atoms with Gasteiger partial charge in [-0.25, -0.2) is 0 Å². The molecule has 1 saturated heterocycles. The molecule has 0 radical (unpaired) electrons. The Labute approximate surface area is 163 Å². The number of aromatic nitrogens is 2. The van der Waals surface area contributed by atoms with E-state index >= 15 is 0 Å². The van der Waals surface area contributed by atoms with Gasteiger partial charge in [0.1, 0.15) is 11.2 Å². The summed E-state index contributed by atoms with van der Waals surface area (Å²) in [6.07, 6.45) is -4.52. The largest absolute Gasteiger partial charge is 0.437 e. The van der Waals surface area contributed by atoms with Crippen LogP contribution in [0.3, 0.4) is 0 Å². The molecule has 150 valence electrons. The topological polar surface area (TPSA) is 87.2 Å². The number of rotatable bonds is 4. The first-order chi connectivity index (χ1) is 13.2. The highest BCUT2D eigenvalue weighted by Gasteiger charge is 2.31. The number of hydrogen-bond acceptors (Lipinski definition) is 6. The van der Waals surface area contributed by atoms with Crippen LogP contribution in [0.4, 0.5) is 13.2 Å². The molecule has 0 saturated carbocycles. The van der Waals surface area contributed by atoms with Crippen molar-refractivity contribution in [3.63, 3.8) is 0 Å². The zero-order valence-electron chi connectivity index (χ0n) is 14.6. The Balaban J connectivity index is 1.95. The van der Waals surface area contributed by atoms with Crippen LogP contribution in [0.2, 0.25) is 0 Å². The number of benzene rings is 1. The second kappa shape index (κ2) is 8.29. The van der Waals surface area contributed by atoms with E-state index in [1.54, 1.807) is 0 Å². The molecule has 2 aromatic rings. The summed E-state index contributed by atoms with van der Waals surface area (Å²) < 4.78 is 51.1. The van der Waals surface area contributed by atoms with Crippen molar-refractivity contribution in [1.82, 2.24) is 14.7 Å². The fraction of sp³-hybridized carbons (Fsp3) is 0.353. The fourth-order valence-electron chi connectivity index (χ4n) is 2.68. The minimum absolute atomic E-state index is 0.000740. The van der Waals surface area contributed by atoms with Crippen molar-refractivity contribution in [2.24, 2.45) is 0 Å². The summed E-state index contributed by atoms with van der Waals surface area (Å²) in [5.41, 5.74) is -0.451. The van der Waals surface area contributed by atoms with Gasteiger partial charge in [0.2, 0.25) is 11.2 Å². The molecular weight excluding hydrogens is 399 g/mol.